The molecule has 3 nitrogen and oxygen atoms in total. The zero-order valence-electron chi connectivity index (χ0n) is 10.7. The molecule has 1 aliphatic heterocycles. The van der Waals surface area contributed by atoms with Crippen molar-refractivity contribution in [2.45, 2.75) is 6.42 Å². The van der Waals surface area contributed by atoms with Crippen LogP contribution < -0.4 is 9.47 Å². The molecule has 0 saturated heterocycles. The normalized spacial score (nSPS) is 14.4. The minimum absolute atomic E-state index is 0.326. The van der Waals surface area contributed by atoms with Gasteiger partial charge in [-0.05, 0) is 52.3 Å². The quantitative estimate of drug-likeness (QED) is 0.485. The van der Waals surface area contributed by atoms with Crippen LogP contribution in [0.1, 0.15) is 11.1 Å². The number of hydrogen-bond acceptors (Lipinski definition) is 3. The molecule has 1 aromatic heterocycles. The van der Waals surface area contributed by atoms with Gasteiger partial charge in [-0.2, -0.15) is 0 Å². The van der Waals surface area contributed by atoms with Crippen LogP contribution in [0, 0.1) is 0 Å². The fraction of sp³-hybridized carbons (Fsp3) is 0.118. The maximum Gasteiger partial charge on any atom is 0.231 e. The van der Waals surface area contributed by atoms with Gasteiger partial charge in [0.1, 0.15) is 0 Å². The molecular weight excluding hydrogens is 250 g/mol. The SMILES string of the molecule is c1cc2ccc3c(c2cn1)Cc1cc2c(cc1-3)OCO2. The van der Waals surface area contributed by atoms with E-state index in [-0.39, 0.29) is 0 Å². The van der Waals surface area contributed by atoms with Gasteiger partial charge in [0.2, 0.25) is 6.79 Å². The van der Waals surface area contributed by atoms with Crippen LogP contribution in [-0.4, -0.2) is 11.8 Å². The van der Waals surface area contributed by atoms with Gasteiger partial charge in [0.05, 0.1) is 0 Å². The number of benzene rings is 2. The number of rotatable bonds is 0. The fourth-order valence-electron chi connectivity index (χ4n) is 3.24. The van der Waals surface area contributed by atoms with E-state index in [1.165, 1.54) is 33.0 Å². The fourth-order valence-corrected chi connectivity index (χ4v) is 3.24. The Balaban J connectivity index is 1.81. The molecule has 2 aliphatic rings. The second-order valence-corrected chi connectivity index (χ2v) is 5.23. The van der Waals surface area contributed by atoms with Gasteiger partial charge in [-0.15, -0.1) is 0 Å². The lowest BCUT2D eigenvalue weighted by atomic mass is 10.0. The van der Waals surface area contributed by atoms with Crippen molar-refractivity contribution in [3.05, 3.63) is 53.9 Å². The minimum Gasteiger partial charge on any atom is -0.454 e. The first-order valence-corrected chi connectivity index (χ1v) is 6.69. The van der Waals surface area contributed by atoms with Crippen molar-refractivity contribution in [3.63, 3.8) is 0 Å². The van der Waals surface area contributed by atoms with Gasteiger partial charge < -0.3 is 9.47 Å². The molecule has 0 amide bonds. The third-order valence-corrected chi connectivity index (χ3v) is 4.19. The summed E-state index contributed by atoms with van der Waals surface area (Å²) in [5.41, 5.74) is 5.21. The lowest BCUT2D eigenvalue weighted by Gasteiger charge is -2.05. The van der Waals surface area contributed by atoms with Crippen LogP contribution in [0.5, 0.6) is 11.5 Å². The number of aromatic nitrogens is 1. The van der Waals surface area contributed by atoms with Gasteiger partial charge in [0.25, 0.3) is 0 Å². The lowest BCUT2D eigenvalue weighted by molar-refractivity contribution is 0.174. The van der Waals surface area contributed by atoms with Crippen molar-refractivity contribution in [2.24, 2.45) is 0 Å². The Morgan fingerprint density at radius 2 is 1.85 bits per heavy atom. The van der Waals surface area contributed by atoms with Gasteiger partial charge in [0, 0.05) is 17.8 Å². The molecule has 3 heteroatoms. The first-order chi connectivity index (χ1) is 9.90. The van der Waals surface area contributed by atoms with Crippen molar-refractivity contribution < 1.29 is 9.47 Å². The van der Waals surface area contributed by atoms with E-state index >= 15 is 0 Å². The Morgan fingerprint density at radius 1 is 0.950 bits per heavy atom. The molecule has 0 radical (unpaired) electrons. The molecule has 0 spiro atoms. The molecule has 5 rings (SSSR count). The van der Waals surface area contributed by atoms with E-state index in [0.29, 0.717) is 6.79 Å². The van der Waals surface area contributed by atoms with Gasteiger partial charge in [-0.1, -0.05) is 12.1 Å². The molecule has 3 aromatic rings. The highest BCUT2D eigenvalue weighted by molar-refractivity contribution is 5.95. The molecular formula is C17H11NO2. The van der Waals surface area contributed by atoms with Crippen LogP contribution in [0.4, 0.5) is 0 Å². The Bertz CT molecular complexity index is 870. The second-order valence-electron chi connectivity index (χ2n) is 5.23. The number of fused-ring (bicyclic) bond motifs is 6. The van der Waals surface area contributed by atoms with E-state index in [0.717, 1.165) is 17.9 Å². The molecule has 96 valence electrons. The average molecular weight is 261 g/mol. The minimum atomic E-state index is 0.326. The number of hydrogen-bond donors (Lipinski definition) is 0. The highest BCUT2D eigenvalue weighted by Crippen LogP contribution is 2.46. The molecule has 1 aliphatic carbocycles. The number of nitrogens with zero attached hydrogens (tertiary/aromatic N) is 1. The molecule has 0 atom stereocenters. The second kappa shape index (κ2) is 3.51. The first kappa shape index (κ1) is 10.3. The van der Waals surface area contributed by atoms with Crippen LogP contribution >= 0.6 is 0 Å². The van der Waals surface area contributed by atoms with Gasteiger partial charge in [-0.3, -0.25) is 4.98 Å². The highest BCUT2D eigenvalue weighted by atomic mass is 16.7. The molecule has 20 heavy (non-hydrogen) atoms. The number of pyridine rings is 1. The lowest BCUT2D eigenvalue weighted by Crippen LogP contribution is -1.93. The van der Waals surface area contributed by atoms with Crippen molar-refractivity contribution in [1.29, 1.82) is 0 Å². The monoisotopic (exact) mass is 261 g/mol. The van der Waals surface area contributed by atoms with Crippen molar-refractivity contribution in [3.8, 4) is 22.6 Å². The van der Waals surface area contributed by atoms with E-state index in [9.17, 15) is 0 Å². The van der Waals surface area contributed by atoms with Crippen molar-refractivity contribution in [2.75, 3.05) is 6.79 Å². The maximum absolute atomic E-state index is 5.49. The molecule has 2 heterocycles. The zero-order chi connectivity index (χ0) is 13.1. The summed E-state index contributed by atoms with van der Waals surface area (Å²) < 4.78 is 11.0. The summed E-state index contributed by atoms with van der Waals surface area (Å²) in [6.45, 7) is 0.326. The summed E-state index contributed by atoms with van der Waals surface area (Å²) in [7, 11) is 0. The van der Waals surface area contributed by atoms with Gasteiger partial charge in [-0.25, -0.2) is 0 Å². The van der Waals surface area contributed by atoms with E-state index < -0.39 is 0 Å². The van der Waals surface area contributed by atoms with Crippen LogP contribution in [0.25, 0.3) is 21.9 Å². The molecule has 0 saturated carbocycles. The van der Waals surface area contributed by atoms with Crippen molar-refractivity contribution >= 4 is 10.8 Å². The highest BCUT2D eigenvalue weighted by Gasteiger charge is 2.25. The molecule has 0 fully saturated rings. The molecule has 2 aromatic carbocycles. The third-order valence-electron chi connectivity index (χ3n) is 4.19. The summed E-state index contributed by atoms with van der Waals surface area (Å²) in [6.07, 6.45) is 4.73. The van der Waals surface area contributed by atoms with Gasteiger partial charge in [0.15, 0.2) is 11.5 Å². The largest absolute Gasteiger partial charge is 0.454 e. The topological polar surface area (TPSA) is 31.4 Å². The summed E-state index contributed by atoms with van der Waals surface area (Å²) in [5.74, 6) is 1.71. The third kappa shape index (κ3) is 1.22. The Morgan fingerprint density at radius 3 is 2.80 bits per heavy atom. The summed E-state index contributed by atoms with van der Waals surface area (Å²) in [5, 5.41) is 2.48. The Hall–Kier alpha value is -2.55. The summed E-state index contributed by atoms with van der Waals surface area (Å²) in [6, 6.07) is 10.6. The predicted octanol–water partition coefficient (Wildman–Crippen LogP) is 3.53. The van der Waals surface area contributed by atoms with Crippen LogP contribution in [0.2, 0.25) is 0 Å². The van der Waals surface area contributed by atoms with E-state index in [2.05, 4.69) is 35.3 Å². The number of ether oxygens (including phenoxy) is 2. The summed E-state index contributed by atoms with van der Waals surface area (Å²) in [4.78, 5) is 4.27. The predicted molar refractivity (Wildman–Crippen MR) is 76.1 cm³/mol. The van der Waals surface area contributed by atoms with Crippen LogP contribution in [-0.2, 0) is 6.42 Å². The Kier molecular flexibility index (Phi) is 1.80. The molecule has 0 bridgehead atoms. The molecule has 0 N–H and O–H groups in total. The summed E-state index contributed by atoms with van der Waals surface area (Å²) >= 11 is 0. The zero-order valence-corrected chi connectivity index (χ0v) is 10.7. The first-order valence-electron chi connectivity index (χ1n) is 6.69. The maximum atomic E-state index is 5.49. The van der Waals surface area contributed by atoms with E-state index in [4.69, 9.17) is 9.47 Å². The smallest absolute Gasteiger partial charge is 0.231 e. The van der Waals surface area contributed by atoms with Gasteiger partial charge >= 0.3 is 0 Å². The molecule has 0 unspecified atom stereocenters. The van der Waals surface area contributed by atoms with Crippen LogP contribution in [0.3, 0.4) is 0 Å². The van der Waals surface area contributed by atoms with Crippen LogP contribution in [0.15, 0.2) is 42.7 Å². The Labute approximate surface area is 115 Å². The average Bonchev–Trinajstić information content (AvgIpc) is 3.08. The van der Waals surface area contributed by atoms with E-state index in [1.807, 2.05) is 12.4 Å². The standard InChI is InChI=1S/C17H11NO2/c1-2-12-13-7-17-16(19-9-20-17)6-11(13)5-14(12)15-8-18-4-3-10(1)15/h1-4,6-8H,5,9H2. The van der Waals surface area contributed by atoms with E-state index in [1.54, 1.807) is 0 Å². The van der Waals surface area contributed by atoms with Crippen molar-refractivity contribution in [1.82, 2.24) is 4.98 Å².